The minimum absolute atomic E-state index is 0.179. The van der Waals surface area contributed by atoms with Crippen LogP contribution in [0, 0.1) is 17.8 Å². The molecule has 0 radical (unpaired) electrons. The van der Waals surface area contributed by atoms with Crippen LogP contribution in [-0.4, -0.2) is 12.2 Å². The maximum Gasteiger partial charge on any atom is 0.118 e. The summed E-state index contributed by atoms with van der Waals surface area (Å²) >= 11 is 0. The molecule has 3 rings (SSSR count). The van der Waals surface area contributed by atoms with E-state index in [1.807, 2.05) is 60.7 Å². The smallest absolute Gasteiger partial charge is 0.118 e. The van der Waals surface area contributed by atoms with Crippen molar-refractivity contribution in [3.63, 3.8) is 0 Å². The lowest BCUT2D eigenvalue weighted by molar-refractivity contribution is 0.153. The summed E-state index contributed by atoms with van der Waals surface area (Å²) in [5, 5.41) is 10.4. The highest BCUT2D eigenvalue weighted by molar-refractivity contribution is 5.59. The van der Waals surface area contributed by atoms with E-state index in [4.69, 9.17) is 4.74 Å². The lowest BCUT2D eigenvalue weighted by atomic mass is 9.87. The Morgan fingerprint density at radius 1 is 1.05 bits per heavy atom. The Balaban J connectivity index is 1.82. The third-order valence-corrected chi connectivity index (χ3v) is 3.61. The van der Waals surface area contributed by atoms with Crippen molar-refractivity contribution in [1.29, 1.82) is 0 Å². The van der Waals surface area contributed by atoms with Crippen LogP contribution < -0.4 is 4.74 Å². The first-order chi connectivity index (χ1) is 10.3. The Kier molecular flexibility index (Phi) is 3.77. The zero-order chi connectivity index (χ0) is 14.7. The summed E-state index contributed by atoms with van der Waals surface area (Å²) in [6, 6.07) is 15.5. The molecule has 2 nitrogen and oxygen atoms in total. The minimum atomic E-state index is -0.572. The molecule has 0 spiro atoms. The fourth-order valence-electron chi connectivity index (χ4n) is 2.41. The van der Waals surface area contributed by atoms with Crippen molar-refractivity contribution in [1.82, 2.24) is 0 Å². The van der Waals surface area contributed by atoms with E-state index in [0.717, 1.165) is 22.4 Å². The molecule has 0 saturated carbocycles. The number of aliphatic hydroxyl groups is 1. The molecular weight excluding hydrogens is 260 g/mol. The molecule has 1 N–H and O–H groups in total. The first kappa shape index (κ1) is 13.5. The number of rotatable bonds is 1. The summed E-state index contributed by atoms with van der Waals surface area (Å²) < 4.78 is 5.12. The van der Waals surface area contributed by atoms with E-state index >= 15 is 0 Å². The van der Waals surface area contributed by atoms with Crippen molar-refractivity contribution >= 4 is 6.08 Å². The third-order valence-electron chi connectivity index (χ3n) is 3.61. The molecule has 2 aromatic rings. The monoisotopic (exact) mass is 276 g/mol. The largest absolute Gasteiger partial charge is 0.497 e. The van der Waals surface area contributed by atoms with Crippen molar-refractivity contribution in [2.75, 3.05) is 7.11 Å². The maximum atomic E-state index is 10.4. The summed E-state index contributed by atoms with van der Waals surface area (Å²) in [5.41, 5.74) is 2.91. The number of hydrogen-bond acceptors (Lipinski definition) is 2. The molecule has 104 valence electrons. The topological polar surface area (TPSA) is 29.5 Å². The van der Waals surface area contributed by atoms with E-state index in [0.29, 0.717) is 0 Å². The molecule has 0 aromatic heterocycles. The van der Waals surface area contributed by atoms with Crippen LogP contribution in [0.4, 0.5) is 0 Å². The highest BCUT2D eigenvalue weighted by atomic mass is 16.5. The van der Waals surface area contributed by atoms with Gasteiger partial charge in [0.05, 0.1) is 19.1 Å². The second-order valence-corrected chi connectivity index (χ2v) is 4.96. The summed E-state index contributed by atoms with van der Waals surface area (Å²) in [4.78, 5) is 0. The van der Waals surface area contributed by atoms with Gasteiger partial charge in [0, 0.05) is 5.56 Å². The van der Waals surface area contributed by atoms with Gasteiger partial charge in [-0.05, 0) is 35.4 Å². The molecular formula is C19H16O2. The van der Waals surface area contributed by atoms with E-state index in [9.17, 15) is 5.11 Å². The third kappa shape index (κ3) is 2.84. The van der Waals surface area contributed by atoms with Gasteiger partial charge in [-0.25, -0.2) is 0 Å². The zero-order valence-corrected chi connectivity index (χ0v) is 11.8. The van der Waals surface area contributed by atoms with Crippen LogP contribution in [-0.2, 0) is 0 Å². The quantitative estimate of drug-likeness (QED) is 0.809. The van der Waals surface area contributed by atoms with Crippen molar-refractivity contribution in [2.24, 2.45) is 5.92 Å². The highest BCUT2D eigenvalue weighted by Gasteiger charge is 2.22. The van der Waals surface area contributed by atoms with E-state index in [1.165, 1.54) is 0 Å². The van der Waals surface area contributed by atoms with Gasteiger partial charge in [-0.15, -0.1) is 0 Å². The molecule has 0 unspecified atom stereocenters. The van der Waals surface area contributed by atoms with Gasteiger partial charge in [-0.3, -0.25) is 0 Å². The van der Waals surface area contributed by atoms with Gasteiger partial charge in [0.25, 0.3) is 0 Å². The number of benzene rings is 2. The molecule has 1 aliphatic carbocycles. The summed E-state index contributed by atoms with van der Waals surface area (Å²) in [7, 11) is 1.64. The van der Waals surface area contributed by atoms with Crippen LogP contribution in [0.15, 0.2) is 54.6 Å². The number of hydrogen-bond donors (Lipinski definition) is 1. The van der Waals surface area contributed by atoms with E-state index in [1.54, 1.807) is 7.11 Å². The highest BCUT2D eigenvalue weighted by Crippen LogP contribution is 2.31. The molecule has 2 aromatic carbocycles. The molecule has 0 aliphatic heterocycles. The van der Waals surface area contributed by atoms with Gasteiger partial charge in [-0.1, -0.05) is 48.3 Å². The minimum Gasteiger partial charge on any atom is -0.497 e. The SMILES string of the molecule is COc1ccc(C#C[C@@H]2C=Cc3ccccc3[C@@H]2O)cc1. The van der Waals surface area contributed by atoms with Crippen LogP contribution >= 0.6 is 0 Å². The van der Waals surface area contributed by atoms with Crippen LogP contribution in [0.3, 0.4) is 0 Å². The first-order valence-corrected chi connectivity index (χ1v) is 6.89. The van der Waals surface area contributed by atoms with Gasteiger partial charge in [-0.2, -0.15) is 0 Å². The second-order valence-electron chi connectivity index (χ2n) is 4.96. The van der Waals surface area contributed by atoms with Crippen molar-refractivity contribution in [3.8, 4) is 17.6 Å². The maximum absolute atomic E-state index is 10.4. The van der Waals surface area contributed by atoms with Crippen LogP contribution in [0.25, 0.3) is 6.08 Å². The molecule has 0 fully saturated rings. The number of aliphatic hydroxyl groups excluding tert-OH is 1. The molecule has 2 atom stereocenters. The van der Waals surface area contributed by atoms with E-state index < -0.39 is 6.10 Å². The number of methoxy groups -OCH3 is 1. The summed E-state index contributed by atoms with van der Waals surface area (Å²) in [5.74, 6) is 6.88. The van der Waals surface area contributed by atoms with Crippen LogP contribution in [0.2, 0.25) is 0 Å². The second kappa shape index (κ2) is 5.87. The average Bonchev–Trinajstić information content (AvgIpc) is 2.55. The molecule has 2 heteroatoms. The molecule has 0 saturated heterocycles. The lowest BCUT2D eigenvalue weighted by Crippen LogP contribution is -2.13. The fraction of sp³-hybridized carbons (Fsp3) is 0.158. The Morgan fingerprint density at radius 2 is 1.81 bits per heavy atom. The van der Waals surface area contributed by atoms with Gasteiger partial charge < -0.3 is 9.84 Å². The number of ether oxygens (including phenoxy) is 1. The molecule has 0 bridgehead atoms. The van der Waals surface area contributed by atoms with Gasteiger partial charge in [0.2, 0.25) is 0 Å². The normalized spacial score (nSPS) is 19.3. The van der Waals surface area contributed by atoms with E-state index in [-0.39, 0.29) is 5.92 Å². The fourth-order valence-corrected chi connectivity index (χ4v) is 2.41. The van der Waals surface area contributed by atoms with Crippen molar-refractivity contribution in [3.05, 3.63) is 71.3 Å². The van der Waals surface area contributed by atoms with Gasteiger partial charge in [0.15, 0.2) is 0 Å². The molecule has 0 heterocycles. The molecule has 21 heavy (non-hydrogen) atoms. The zero-order valence-electron chi connectivity index (χ0n) is 11.8. The molecule has 1 aliphatic rings. The predicted molar refractivity (Wildman–Crippen MR) is 83.8 cm³/mol. The van der Waals surface area contributed by atoms with Crippen molar-refractivity contribution < 1.29 is 9.84 Å². The van der Waals surface area contributed by atoms with Crippen LogP contribution in [0.5, 0.6) is 5.75 Å². The van der Waals surface area contributed by atoms with Crippen LogP contribution in [0.1, 0.15) is 22.8 Å². The Bertz CT molecular complexity index is 717. The summed E-state index contributed by atoms with van der Waals surface area (Å²) in [6.07, 6.45) is 3.41. The Hall–Kier alpha value is -2.50. The predicted octanol–water partition coefficient (Wildman–Crippen LogP) is 3.42. The summed E-state index contributed by atoms with van der Waals surface area (Å²) in [6.45, 7) is 0. The Morgan fingerprint density at radius 3 is 2.57 bits per heavy atom. The van der Waals surface area contributed by atoms with Crippen molar-refractivity contribution in [2.45, 2.75) is 6.10 Å². The standard InChI is InChI=1S/C19H16O2/c1-21-17-12-7-14(8-13-17)6-9-16-11-10-15-4-2-3-5-18(15)19(16)20/h2-5,7-8,10-13,16,19-20H,1H3/t16-,19-/m1/s1. The lowest BCUT2D eigenvalue weighted by Gasteiger charge is -2.21. The first-order valence-electron chi connectivity index (χ1n) is 6.89. The van der Waals surface area contributed by atoms with Gasteiger partial charge in [0.1, 0.15) is 5.75 Å². The van der Waals surface area contributed by atoms with E-state index in [2.05, 4.69) is 11.8 Å². The number of fused-ring (bicyclic) bond motifs is 1. The molecule has 0 amide bonds. The Labute approximate surface area is 124 Å². The average molecular weight is 276 g/mol. The van der Waals surface area contributed by atoms with Gasteiger partial charge >= 0.3 is 0 Å².